The normalized spacial score (nSPS) is 11.3. The molecule has 152 valence electrons. The molecule has 0 aliphatic heterocycles. The molecular formula is C23H26N2O4. The van der Waals surface area contributed by atoms with Crippen molar-refractivity contribution >= 4 is 16.8 Å². The summed E-state index contributed by atoms with van der Waals surface area (Å²) < 4.78 is 10.4. The Morgan fingerprint density at radius 1 is 0.966 bits per heavy atom. The standard InChI is InChI=1S/C23H26N2O4/c1-23(2,3)25(22(27)15-6-8-18(28-4)9-7-15)14-17-12-16-13-19(29-5)10-11-20(16)24-21(17)26/h6-13H,14H2,1-5H3,(H,24,26). The summed E-state index contributed by atoms with van der Waals surface area (Å²) in [6.07, 6.45) is 0. The Morgan fingerprint density at radius 3 is 2.17 bits per heavy atom. The van der Waals surface area contributed by atoms with Gasteiger partial charge in [0.1, 0.15) is 11.5 Å². The molecule has 0 fully saturated rings. The average molecular weight is 394 g/mol. The first-order valence-corrected chi connectivity index (χ1v) is 9.39. The van der Waals surface area contributed by atoms with E-state index in [2.05, 4.69) is 4.98 Å². The number of pyridine rings is 1. The lowest BCUT2D eigenvalue weighted by molar-refractivity contribution is 0.0558. The molecule has 29 heavy (non-hydrogen) atoms. The lowest BCUT2D eigenvalue weighted by Gasteiger charge is -2.35. The topological polar surface area (TPSA) is 71.6 Å². The zero-order chi connectivity index (χ0) is 21.2. The number of rotatable bonds is 5. The van der Waals surface area contributed by atoms with Crippen molar-refractivity contribution in [2.45, 2.75) is 32.9 Å². The molecule has 1 N–H and O–H groups in total. The number of aromatic nitrogens is 1. The fourth-order valence-electron chi connectivity index (χ4n) is 3.15. The Kier molecular flexibility index (Phi) is 5.64. The van der Waals surface area contributed by atoms with Gasteiger partial charge in [0.25, 0.3) is 11.5 Å². The van der Waals surface area contributed by atoms with Gasteiger partial charge in [-0.1, -0.05) is 0 Å². The Labute approximate surface area is 170 Å². The van der Waals surface area contributed by atoms with Gasteiger partial charge in [0.15, 0.2) is 0 Å². The van der Waals surface area contributed by atoms with E-state index in [1.165, 1.54) is 0 Å². The summed E-state index contributed by atoms with van der Waals surface area (Å²) in [5, 5.41) is 0.852. The van der Waals surface area contributed by atoms with Crippen molar-refractivity contribution < 1.29 is 14.3 Å². The molecule has 0 saturated carbocycles. The van der Waals surface area contributed by atoms with Gasteiger partial charge < -0.3 is 19.4 Å². The third-order valence-corrected chi connectivity index (χ3v) is 4.85. The van der Waals surface area contributed by atoms with Crippen LogP contribution < -0.4 is 15.0 Å². The van der Waals surface area contributed by atoms with Gasteiger partial charge in [-0.3, -0.25) is 9.59 Å². The van der Waals surface area contributed by atoms with Gasteiger partial charge in [0.2, 0.25) is 0 Å². The smallest absolute Gasteiger partial charge is 0.254 e. The van der Waals surface area contributed by atoms with E-state index in [-0.39, 0.29) is 18.0 Å². The highest BCUT2D eigenvalue weighted by molar-refractivity contribution is 5.94. The summed E-state index contributed by atoms with van der Waals surface area (Å²) in [5.41, 5.74) is 1.09. The highest BCUT2D eigenvalue weighted by Gasteiger charge is 2.28. The van der Waals surface area contributed by atoms with Gasteiger partial charge in [-0.15, -0.1) is 0 Å². The Morgan fingerprint density at radius 2 is 1.59 bits per heavy atom. The van der Waals surface area contributed by atoms with Crippen LogP contribution >= 0.6 is 0 Å². The maximum atomic E-state index is 13.2. The molecule has 3 rings (SSSR count). The molecule has 1 heterocycles. The number of nitrogens with one attached hydrogen (secondary N) is 1. The number of hydrogen-bond acceptors (Lipinski definition) is 4. The number of carbonyl (C=O) groups excluding carboxylic acids is 1. The first-order chi connectivity index (χ1) is 13.7. The lowest BCUT2D eigenvalue weighted by Crippen LogP contribution is -2.46. The maximum absolute atomic E-state index is 13.2. The zero-order valence-electron chi connectivity index (χ0n) is 17.4. The molecule has 2 aromatic carbocycles. The van der Waals surface area contributed by atoms with Crippen LogP contribution in [0, 0.1) is 0 Å². The summed E-state index contributed by atoms with van der Waals surface area (Å²) in [5.74, 6) is 1.24. The van der Waals surface area contributed by atoms with Crippen molar-refractivity contribution in [2.24, 2.45) is 0 Å². The lowest BCUT2D eigenvalue weighted by atomic mass is 10.0. The molecular weight excluding hydrogens is 368 g/mol. The number of fused-ring (bicyclic) bond motifs is 1. The number of H-pyrrole nitrogens is 1. The number of methoxy groups -OCH3 is 2. The van der Waals surface area contributed by atoms with Crippen LogP contribution in [0.25, 0.3) is 10.9 Å². The fourth-order valence-corrected chi connectivity index (χ4v) is 3.15. The number of nitrogens with zero attached hydrogens (tertiary/aromatic N) is 1. The minimum absolute atomic E-state index is 0.148. The second-order valence-corrected chi connectivity index (χ2v) is 7.87. The van der Waals surface area contributed by atoms with Crippen LogP contribution in [0.2, 0.25) is 0 Å². The van der Waals surface area contributed by atoms with Gasteiger partial charge in [-0.25, -0.2) is 0 Å². The van der Waals surface area contributed by atoms with Crippen LogP contribution in [0.4, 0.5) is 0 Å². The summed E-state index contributed by atoms with van der Waals surface area (Å²) >= 11 is 0. The van der Waals surface area contributed by atoms with Crippen LogP contribution in [0.15, 0.2) is 53.3 Å². The Bertz CT molecular complexity index is 1080. The number of benzene rings is 2. The molecule has 0 aliphatic rings. The summed E-state index contributed by atoms with van der Waals surface area (Å²) in [4.78, 5) is 30.5. The van der Waals surface area contributed by atoms with Crippen LogP contribution in [-0.2, 0) is 6.54 Å². The van der Waals surface area contributed by atoms with Gasteiger partial charge in [0, 0.05) is 27.6 Å². The van der Waals surface area contributed by atoms with Crippen LogP contribution in [0.3, 0.4) is 0 Å². The third kappa shape index (κ3) is 4.42. The molecule has 6 nitrogen and oxygen atoms in total. The number of carbonyl (C=O) groups is 1. The maximum Gasteiger partial charge on any atom is 0.254 e. The minimum atomic E-state index is -0.479. The molecule has 1 amide bonds. The predicted molar refractivity (Wildman–Crippen MR) is 114 cm³/mol. The van der Waals surface area contributed by atoms with Gasteiger partial charge in [0.05, 0.1) is 20.8 Å². The predicted octanol–water partition coefficient (Wildman–Crippen LogP) is 3.99. The second kappa shape index (κ2) is 7.99. The van der Waals surface area contributed by atoms with E-state index in [9.17, 15) is 9.59 Å². The van der Waals surface area contributed by atoms with E-state index in [4.69, 9.17) is 9.47 Å². The highest BCUT2D eigenvalue weighted by Crippen LogP contribution is 2.23. The molecule has 0 saturated heterocycles. The van der Waals surface area contributed by atoms with Crippen molar-refractivity contribution in [1.29, 1.82) is 0 Å². The summed E-state index contributed by atoms with van der Waals surface area (Å²) in [6, 6.07) is 14.3. The highest BCUT2D eigenvalue weighted by atomic mass is 16.5. The Balaban J connectivity index is 1.99. The molecule has 0 radical (unpaired) electrons. The Hall–Kier alpha value is -3.28. The molecule has 3 aromatic rings. The molecule has 0 bridgehead atoms. The molecule has 0 aliphatic carbocycles. The van der Waals surface area contributed by atoms with E-state index < -0.39 is 5.54 Å². The third-order valence-electron chi connectivity index (χ3n) is 4.85. The van der Waals surface area contributed by atoms with E-state index in [1.807, 2.05) is 39.0 Å². The number of ether oxygens (including phenoxy) is 2. The summed E-state index contributed by atoms with van der Waals surface area (Å²) in [6.45, 7) is 6.04. The first kappa shape index (κ1) is 20.5. The van der Waals surface area contributed by atoms with Gasteiger partial charge in [-0.05, 0) is 69.3 Å². The van der Waals surface area contributed by atoms with Crippen molar-refractivity contribution in [3.05, 3.63) is 70.0 Å². The molecule has 0 unspecified atom stereocenters. The minimum Gasteiger partial charge on any atom is -0.497 e. The van der Waals surface area contributed by atoms with Crippen molar-refractivity contribution in [3.63, 3.8) is 0 Å². The van der Waals surface area contributed by atoms with Crippen LogP contribution in [0.5, 0.6) is 11.5 Å². The molecule has 1 aromatic heterocycles. The fraction of sp³-hybridized carbons (Fsp3) is 0.304. The number of amides is 1. The van der Waals surface area contributed by atoms with E-state index in [0.29, 0.717) is 22.6 Å². The number of aromatic amines is 1. The molecule has 0 atom stereocenters. The largest absolute Gasteiger partial charge is 0.497 e. The molecule has 6 heteroatoms. The second-order valence-electron chi connectivity index (χ2n) is 7.87. The SMILES string of the molecule is COc1ccc(C(=O)N(Cc2cc3cc(OC)ccc3[nH]c2=O)C(C)(C)C)cc1. The van der Waals surface area contributed by atoms with Gasteiger partial charge in [-0.2, -0.15) is 0 Å². The van der Waals surface area contributed by atoms with Crippen molar-refractivity contribution in [2.75, 3.05) is 14.2 Å². The van der Waals surface area contributed by atoms with E-state index in [0.717, 1.165) is 10.9 Å². The zero-order valence-corrected chi connectivity index (χ0v) is 17.4. The van der Waals surface area contributed by atoms with Gasteiger partial charge >= 0.3 is 0 Å². The quantitative estimate of drug-likeness (QED) is 0.710. The van der Waals surface area contributed by atoms with Crippen molar-refractivity contribution in [3.8, 4) is 11.5 Å². The van der Waals surface area contributed by atoms with E-state index in [1.54, 1.807) is 49.5 Å². The first-order valence-electron chi connectivity index (χ1n) is 9.39. The van der Waals surface area contributed by atoms with Crippen LogP contribution in [-0.4, -0.2) is 35.5 Å². The molecule has 0 spiro atoms. The summed E-state index contributed by atoms with van der Waals surface area (Å²) in [7, 11) is 3.18. The van der Waals surface area contributed by atoms with Crippen LogP contribution in [0.1, 0.15) is 36.7 Å². The number of hydrogen-bond donors (Lipinski definition) is 1. The van der Waals surface area contributed by atoms with E-state index >= 15 is 0 Å². The monoisotopic (exact) mass is 394 g/mol. The van der Waals surface area contributed by atoms with Crippen molar-refractivity contribution in [1.82, 2.24) is 9.88 Å². The average Bonchev–Trinajstić information content (AvgIpc) is 2.70.